The number of hydrogen-bond acceptors (Lipinski definition) is 7. The molecule has 4 aromatic rings. The van der Waals surface area contributed by atoms with Crippen LogP contribution >= 0.6 is 23.1 Å². The Morgan fingerprint density at radius 2 is 1.94 bits per heavy atom. The van der Waals surface area contributed by atoms with Crippen LogP contribution in [0.25, 0.3) is 20.7 Å². The number of rotatable bonds is 8. The van der Waals surface area contributed by atoms with Crippen molar-refractivity contribution in [3.05, 3.63) is 93.8 Å². The second kappa shape index (κ2) is 9.80. The summed E-state index contributed by atoms with van der Waals surface area (Å²) in [5, 5.41) is 14.6. The van der Waals surface area contributed by atoms with Crippen LogP contribution in [0.1, 0.15) is 0 Å². The van der Waals surface area contributed by atoms with Gasteiger partial charge in [0.05, 0.1) is 16.1 Å². The standard InChI is InChI=1S/C23H18N4O4S2/c1-2-12-26-22(29)16-13-19(15-8-4-3-5-9-15)33-21(16)25-23(26)32-14-20(28)24-17-10-6-7-11-18(17)27(30)31/h2-11,13H,1,12,14H2,(H,24,28). The molecule has 0 spiro atoms. The lowest BCUT2D eigenvalue weighted by molar-refractivity contribution is -0.383. The van der Waals surface area contributed by atoms with Crippen LogP contribution in [0.2, 0.25) is 0 Å². The highest BCUT2D eigenvalue weighted by atomic mass is 32.2. The van der Waals surface area contributed by atoms with Crippen LogP contribution in [0.5, 0.6) is 0 Å². The van der Waals surface area contributed by atoms with E-state index in [0.29, 0.717) is 15.4 Å². The first-order valence-electron chi connectivity index (χ1n) is 9.84. The smallest absolute Gasteiger partial charge is 0.292 e. The zero-order valence-corrected chi connectivity index (χ0v) is 18.9. The Hall–Kier alpha value is -3.76. The van der Waals surface area contributed by atoms with Crippen molar-refractivity contribution >= 4 is 50.6 Å². The average molecular weight is 479 g/mol. The van der Waals surface area contributed by atoms with Gasteiger partial charge in [0.25, 0.3) is 11.2 Å². The molecule has 8 nitrogen and oxygen atoms in total. The van der Waals surface area contributed by atoms with E-state index in [0.717, 1.165) is 22.2 Å². The molecule has 0 aliphatic heterocycles. The third-order valence-corrected chi connectivity index (χ3v) is 6.75. The van der Waals surface area contributed by atoms with E-state index in [4.69, 9.17) is 0 Å². The number of nitro benzene ring substituents is 1. The first-order chi connectivity index (χ1) is 16.0. The molecule has 166 valence electrons. The summed E-state index contributed by atoms with van der Waals surface area (Å²) in [5.74, 6) is -0.511. The summed E-state index contributed by atoms with van der Waals surface area (Å²) >= 11 is 2.50. The number of fused-ring (bicyclic) bond motifs is 1. The predicted molar refractivity (Wildman–Crippen MR) is 132 cm³/mol. The van der Waals surface area contributed by atoms with Crippen molar-refractivity contribution < 1.29 is 9.72 Å². The zero-order chi connectivity index (χ0) is 23.4. The number of nitro groups is 1. The van der Waals surface area contributed by atoms with E-state index in [-0.39, 0.29) is 29.2 Å². The second-order valence-electron chi connectivity index (χ2n) is 6.91. The molecule has 2 aromatic heterocycles. The number of carbonyl (C=O) groups excluding carboxylic acids is 1. The number of amides is 1. The molecule has 2 heterocycles. The lowest BCUT2D eigenvalue weighted by atomic mass is 10.2. The Morgan fingerprint density at radius 3 is 2.67 bits per heavy atom. The number of nitrogens with one attached hydrogen (secondary N) is 1. The maximum Gasteiger partial charge on any atom is 0.292 e. The molecule has 10 heteroatoms. The van der Waals surface area contributed by atoms with Gasteiger partial charge in [-0.1, -0.05) is 60.3 Å². The van der Waals surface area contributed by atoms with Crippen LogP contribution in [0.15, 0.2) is 83.3 Å². The number of nitrogens with zero attached hydrogens (tertiary/aromatic N) is 3. The molecule has 33 heavy (non-hydrogen) atoms. The lowest BCUT2D eigenvalue weighted by Gasteiger charge is -2.10. The van der Waals surface area contributed by atoms with Crippen LogP contribution < -0.4 is 10.9 Å². The molecule has 0 aliphatic rings. The maximum atomic E-state index is 13.1. The average Bonchev–Trinajstić information content (AvgIpc) is 3.25. The molecule has 4 rings (SSSR count). The summed E-state index contributed by atoms with van der Waals surface area (Å²) < 4.78 is 1.47. The fraction of sp³-hybridized carbons (Fsp3) is 0.0870. The molecule has 0 saturated heterocycles. The van der Waals surface area contributed by atoms with Crippen molar-refractivity contribution in [1.82, 2.24) is 9.55 Å². The number of aromatic nitrogens is 2. The van der Waals surface area contributed by atoms with E-state index < -0.39 is 10.8 Å². The van der Waals surface area contributed by atoms with E-state index in [1.54, 1.807) is 12.1 Å². The van der Waals surface area contributed by atoms with Crippen LogP contribution in [-0.2, 0) is 11.3 Å². The van der Waals surface area contributed by atoms with Gasteiger partial charge in [-0.3, -0.25) is 24.3 Å². The van der Waals surface area contributed by atoms with Crippen molar-refractivity contribution in [3.8, 4) is 10.4 Å². The Kier molecular flexibility index (Phi) is 6.66. The van der Waals surface area contributed by atoms with Gasteiger partial charge in [0.2, 0.25) is 5.91 Å². The van der Waals surface area contributed by atoms with Gasteiger partial charge in [0, 0.05) is 17.5 Å². The Bertz CT molecular complexity index is 1410. The largest absolute Gasteiger partial charge is 0.320 e. The van der Waals surface area contributed by atoms with Gasteiger partial charge in [-0.2, -0.15) is 0 Å². The van der Waals surface area contributed by atoms with Gasteiger partial charge < -0.3 is 5.32 Å². The van der Waals surface area contributed by atoms with Gasteiger partial charge >= 0.3 is 0 Å². The van der Waals surface area contributed by atoms with Gasteiger partial charge in [0.1, 0.15) is 10.5 Å². The van der Waals surface area contributed by atoms with Gasteiger partial charge in [-0.15, -0.1) is 17.9 Å². The van der Waals surface area contributed by atoms with E-state index in [2.05, 4.69) is 16.9 Å². The fourth-order valence-corrected chi connectivity index (χ4v) is 5.08. The summed E-state index contributed by atoms with van der Waals surface area (Å²) in [5.41, 5.74) is 0.713. The normalized spacial score (nSPS) is 10.8. The van der Waals surface area contributed by atoms with Crippen molar-refractivity contribution in [2.45, 2.75) is 11.7 Å². The van der Waals surface area contributed by atoms with Gasteiger partial charge in [-0.25, -0.2) is 4.98 Å². The topological polar surface area (TPSA) is 107 Å². The zero-order valence-electron chi connectivity index (χ0n) is 17.3. The molecule has 0 fully saturated rings. The third-order valence-electron chi connectivity index (χ3n) is 4.69. The minimum absolute atomic E-state index is 0.0714. The molecule has 0 bridgehead atoms. The number of thioether (sulfide) groups is 1. The number of carbonyl (C=O) groups is 1. The number of hydrogen-bond donors (Lipinski definition) is 1. The third kappa shape index (κ3) is 4.86. The molecule has 1 amide bonds. The maximum absolute atomic E-state index is 13.1. The molecular formula is C23H18N4O4S2. The number of anilines is 1. The van der Waals surface area contributed by atoms with Crippen molar-refractivity contribution in [1.29, 1.82) is 0 Å². The van der Waals surface area contributed by atoms with Crippen molar-refractivity contribution in [2.24, 2.45) is 0 Å². The molecule has 1 N–H and O–H groups in total. The summed E-state index contributed by atoms with van der Waals surface area (Å²) in [6, 6.07) is 17.5. The molecule has 2 aromatic carbocycles. The van der Waals surface area contributed by atoms with Crippen LogP contribution in [0, 0.1) is 10.1 Å². The Labute approximate surface area is 196 Å². The minimum atomic E-state index is -0.554. The molecular weight excluding hydrogens is 460 g/mol. The second-order valence-corrected chi connectivity index (χ2v) is 8.88. The molecule has 0 radical (unpaired) electrons. The van der Waals surface area contributed by atoms with Gasteiger partial charge in [0.15, 0.2) is 5.16 Å². The summed E-state index contributed by atoms with van der Waals surface area (Å²) in [6.45, 7) is 3.95. The number of benzene rings is 2. The summed E-state index contributed by atoms with van der Waals surface area (Å²) in [7, 11) is 0. The fourth-order valence-electron chi connectivity index (χ4n) is 3.20. The molecule has 0 atom stereocenters. The molecule has 0 aliphatic carbocycles. The minimum Gasteiger partial charge on any atom is -0.320 e. The predicted octanol–water partition coefficient (Wildman–Crippen LogP) is 4.95. The monoisotopic (exact) mass is 478 g/mol. The SMILES string of the molecule is C=CCn1c(SCC(=O)Nc2ccccc2[N+](=O)[O-])nc2sc(-c3ccccc3)cc2c1=O. The first kappa shape index (κ1) is 22.4. The number of para-hydroxylation sites is 2. The van der Waals surface area contributed by atoms with E-state index in [9.17, 15) is 19.7 Å². The molecule has 0 unspecified atom stereocenters. The quantitative estimate of drug-likeness (QED) is 0.126. The van der Waals surface area contributed by atoms with Crippen LogP contribution in [-0.4, -0.2) is 26.1 Å². The number of allylic oxidation sites excluding steroid dienone is 1. The van der Waals surface area contributed by atoms with E-state index >= 15 is 0 Å². The lowest BCUT2D eigenvalue weighted by Crippen LogP contribution is -2.23. The molecule has 0 saturated carbocycles. The number of thiophene rings is 1. The van der Waals surface area contributed by atoms with E-state index in [1.807, 2.05) is 36.4 Å². The highest BCUT2D eigenvalue weighted by Crippen LogP contribution is 2.32. The Morgan fingerprint density at radius 1 is 1.21 bits per heavy atom. The van der Waals surface area contributed by atoms with Crippen molar-refractivity contribution in [2.75, 3.05) is 11.1 Å². The first-order valence-corrected chi connectivity index (χ1v) is 11.6. The van der Waals surface area contributed by atoms with Crippen LogP contribution in [0.3, 0.4) is 0 Å². The highest BCUT2D eigenvalue weighted by Gasteiger charge is 2.18. The summed E-state index contributed by atoms with van der Waals surface area (Å²) in [4.78, 5) is 42.4. The summed E-state index contributed by atoms with van der Waals surface area (Å²) in [6.07, 6.45) is 1.59. The highest BCUT2D eigenvalue weighted by molar-refractivity contribution is 7.99. The van der Waals surface area contributed by atoms with Crippen molar-refractivity contribution in [3.63, 3.8) is 0 Å². The Balaban J connectivity index is 1.61. The van der Waals surface area contributed by atoms with E-state index in [1.165, 1.54) is 34.1 Å². The van der Waals surface area contributed by atoms with Crippen LogP contribution in [0.4, 0.5) is 11.4 Å². The van der Waals surface area contributed by atoms with Gasteiger partial charge in [-0.05, 0) is 17.7 Å².